The number of methoxy groups -OCH3 is 1. The summed E-state index contributed by atoms with van der Waals surface area (Å²) in [6, 6.07) is 0.649. The van der Waals surface area contributed by atoms with Gasteiger partial charge in [-0.15, -0.1) is 0 Å². The van der Waals surface area contributed by atoms with Crippen LogP contribution in [0.2, 0.25) is 0 Å². The summed E-state index contributed by atoms with van der Waals surface area (Å²) in [6.45, 7) is 14.7. The van der Waals surface area contributed by atoms with E-state index < -0.39 is 0 Å². The van der Waals surface area contributed by atoms with Gasteiger partial charge in [-0.3, -0.25) is 9.80 Å². The highest BCUT2D eigenvalue weighted by molar-refractivity contribution is 4.87. The zero-order chi connectivity index (χ0) is 11.5. The molecule has 1 unspecified atom stereocenters. The second-order valence-electron chi connectivity index (χ2n) is 5.51. The molecule has 0 aromatic rings. The second kappa shape index (κ2) is 5.28. The molecule has 0 radical (unpaired) electrons. The second-order valence-corrected chi connectivity index (χ2v) is 5.51. The van der Waals surface area contributed by atoms with Gasteiger partial charge in [-0.25, -0.2) is 0 Å². The molecular formula is C12H26N2O. The monoisotopic (exact) mass is 214 g/mol. The van der Waals surface area contributed by atoms with Gasteiger partial charge in [0.1, 0.15) is 0 Å². The molecule has 1 rings (SSSR count). The molecule has 1 atom stereocenters. The molecule has 1 saturated heterocycles. The fraction of sp³-hybridized carbons (Fsp3) is 1.00. The minimum atomic E-state index is 0.298. The van der Waals surface area contributed by atoms with Crippen molar-refractivity contribution in [3.8, 4) is 0 Å². The third-order valence-corrected chi connectivity index (χ3v) is 3.18. The molecule has 1 aliphatic heterocycles. The molecule has 3 heteroatoms. The van der Waals surface area contributed by atoms with Crippen LogP contribution >= 0.6 is 0 Å². The van der Waals surface area contributed by atoms with Crippen LogP contribution in [0.5, 0.6) is 0 Å². The third kappa shape index (κ3) is 3.74. The van der Waals surface area contributed by atoms with Crippen LogP contribution in [-0.4, -0.2) is 61.3 Å². The average molecular weight is 214 g/mol. The van der Waals surface area contributed by atoms with E-state index in [0.29, 0.717) is 11.6 Å². The number of hydrogen-bond donors (Lipinski definition) is 0. The third-order valence-electron chi connectivity index (χ3n) is 3.18. The molecule has 1 aliphatic rings. The van der Waals surface area contributed by atoms with Crippen LogP contribution in [0.25, 0.3) is 0 Å². The van der Waals surface area contributed by atoms with Gasteiger partial charge in [-0.05, 0) is 27.7 Å². The minimum absolute atomic E-state index is 0.298. The molecule has 0 saturated carbocycles. The van der Waals surface area contributed by atoms with Gasteiger partial charge in [0.25, 0.3) is 0 Å². The number of piperazine rings is 1. The summed E-state index contributed by atoms with van der Waals surface area (Å²) in [7, 11) is 1.77. The molecule has 90 valence electrons. The van der Waals surface area contributed by atoms with Crippen molar-refractivity contribution in [2.45, 2.75) is 39.3 Å². The summed E-state index contributed by atoms with van der Waals surface area (Å²) in [6.07, 6.45) is 0. The lowest BCUT2D eigenvalue weighted by Crippen LogP contribution is -2.58. The summed E-state index contributed by atoms with van der Waals surface area (Å²) in [5.74, 6) is 0. The lowest BCUT2D eigenvalue weighted by atomic mass is 10.0. The Balaban J connectivity index is 2.41. The van der Waals surface area contributed by atoms with Gasteiger partial charge in [0.05, 0.1) is 6.61 Å². The Morgan fingerprint density at radius 1 is 1.27 bits per heavy atom. The molecule has 15 heavy (non-hydrogen) atoms. The largest absolute Gasteiger partial charge is 0.383 e. The fourth-order valence-electron chi connectivity index (χ4n) is 2.45. The Bertz CT molecular complexity index is 189. The molecule has 0 aromatic carbocycles. The highest BCUT2D eigenvalue weighted by Gasteiger charge is 2.30. The zero-order valence-corrected chi connectivity index (χ0v) is 10.9. The first-order chi connectivity index (χ1) is 6.95. The average Bonchev–Trinajstić information content (AvgIpc) is 2.12. The Hall–Kier alpha value is -0.120. The quantitative estimate of drug-likeness (QED) is 0.707. The van der Waals surface area contributed by atoms with Crippen LogP contribution in [-0.2, 0) is 4.74 Å². The lowest BCUT2D eigenvalue weighted by molar-refractivity contribution is 0.0101. The smallest absolute Gasteiger partial charge is 0.0589 e. The molecule has 0 bridgehead atoms. The van der Waals surface area contributed by atoms with Crippen molar-refractivity contribution in [1.82, 2.24) is 9.80 Å². The Labute approximate surface area is 94.4 Å². The molecule has 3 nitrogen and oxygen atoms in total. The summed E-state index contributed by atoms with van der Waals surface area (Å²) in [5, 5.41) is 0. The van der Waals surface area contributed by atoms with Crippen LogP contribution in [0.1, 0.15) is 27.7 Å². The minimum Gasteiger partial charge on any atom is -0.383 e. The van der Waals surface area contributed by atoms with Crippen molar-refractivity contribution in [3.63, 3.8) is 0 Å². The van der Waals surface area contributed by atoms with Crippen molar-refractivity contribution < 1.29 is 4.74 Å². The van der Waals surface area contributed by atoms with Crippen LogP contribution in [0.15, 0.2) is 0 Å². The summed E-state index contributed by atoms with van der Waals surface area (Å²) >= 11 is 0. The van der Waals surface area contributed by atoms with E-state index in [1.807, 2.05) is 0 Å². The first-order valence-corrected chi connectivity index (χ1v) is 5.93. The van der Waals surface area contributed by atoms with Crippen molar-refractivity contribution in [2.24, 2.45) is 0 Å². The first kappa shape index (κ1) is 12.9. The molecule has 1 heterocycles. The maximum absolute atomic E-state index is 5.12. The van der Waals surface area contributed by atoms with Gasteiger partial charge >= 0.3 is 0 Å². The van der Waals surface area contributed by atoms with Gasteiger partial charge in [0.2, 0.25) is 0 Å². The molecular weight excluding hydrogens is 188 g/mol. The van der Waals surface area contributed by atoms with E-state index in [2.05, 4.69) is 37.5 Å². The highest BCUT2D eigenvalue weighted by atomic mass is 16.5. The zero-order valence-electron chi connectivity index (χ0n) is 10.9. The van der Waals surface area contributed by atoms with Crippen LogP contribution in [0.3, 0.4) is 0 Å². The van der Waals surface area contributed by atoms with Crippen molar-refractivity contribution >= 4 is 0 Å². The van der Waals surface area contributed by atoms with E-state index >= 15 is 0 Å². The van der Waals surface area contributed by atoms with E-state index in [9.17, 15) is 0 Å². The number of ether oxygens (including phenoxy) is 1. The maximum Gasteiger partial charge on any atom is 0.0589 e. The number of nitrogens with zero attached hydrogens (tertiary/aromatic N) is 2. The van der Waals surface area contributed by atoms with Crippen molar-refractivity contribution in [1.29, 1.82) is 0 Å². The predicted molar refractivity (Wildman–Crippen MR) is 64.2 cm³/mol. The first-order valence-electron chi connectivity index (χ1n) is 5.93. The van der Waals surface area contributed by atoms with Crippen LogP contribution in [0, 0.1) is 0 Å². The number of hydrogen-bond acceptors (Lipinski definition) is 3. The standard InChI is InChI=1S/C12H26N2O/c1-11-10-13(8-9-15-5)6-7-14(11)12(2,3)4/h11H,6-10H2,1-5H3. The van der Waals surface area contributed by atoms with Gasteiger partial charge in [0, 0.05) is 44.9 Å². The van der Waals surface area contributed by atoms with Crippen LogP contribution in [0.4, 0.5) is 0 Å². The van der Waals surface area contributed by atoms with E-state index in [4.69, 9.17) is 4.74 Å². The van der Waals surface area contributed by atoms with E-state index in [1.165, 1.54) is 19.6 Å². The normalized spacial score (nSPS) is 25.8. The van der Waals surface area contributed by atoms with Crippen molar-refractivity contribution in [2.75, 3.05) is 39.9 Å². The lowest BCUT2D eigenvalue weighted by Gasteiger charge is -2.46. The van der Waals surface area contributed by atoms with Crippen molar-refractivity contribution in [3.05, 3.63) is 0 Å². The van der Waals surface area contributed by atoms with Gasteiger partial charge in [-0.2, -0.15) is 0 Å². The maximum atomic E-state index is 5.12. The van der Waals surface area contributed by atoms with Crippen LogP contribution < -0.4 is 0 Å². The van der Waals surface area contributed by atoms with E-state index in [0.717, 1.165) is 13.2 Å². The van der Waals surface area contributed by atoms with Gasteiger partial charge in [-0.1, -0.05) is 0 Å². The Morgan fingerprint density at radius 3 is 2.40 bits per heavy atom. The number of rotatable bonds is 3. The highest BCUT2D eigenvalue weighted by Crippen LogP contribution is 2.20. The molecule has 0 aromatic heterocycles. The van der Waals surface area contributed by atoms with Gasteiger partial charge < -0.3 is 4.74 Å². The van der Waals surface area contributed by atoms with E-state index in [1.54, 1.807) is 7.11 Å². The topological polar surface area (TPSA) is 15.7 Å². The molecule has 1 fully saturated rings. The summed E-state index contributed by atoms with van der Waals surface area (Å²) in [4.78, 5) is 5.09. The van der Waals surface area contributed by atoms with E-state index in [-0.39, 0.29) is 0 Å². The summed E-state index contributed by atoms with van der Waals surface area (Å²) in [5.41, 5.74) is 0.298. The molecule has 0 aliphatic carbocycles. The van der Waals surface area contributed by atoms with Gasteiger partial charge in [0.15, 0.2) is 0 Å². The predicted octanol–water partition coefficient (Wildman–Crippen LogP) is 1.44. The summed E-state index contributed by atoms with van der Waals surface area (Å²) < 4.78 is 5.12. The molecule has 0 spiro atoms. The fourth-order valence-corrected chi connectivity index (χ4v) is 2.45. The Morgan fingerprint density at radius 2 is 1.93 bits per heavy atom. The molecule has 0 amide bonds. The molecule has 0 N–H and O–H groups in total. The Kier molecular flexibility index (Phi) is 4.56. The SMILES string of the molecule is COCCN1CCN(C(C)(C)C)C(C)C1.